The van der Waals surface area contributed by atoms with Crippen LogP contribution in [0.1, 0.15) is 19.8 Å². The van der Waals surface area contributed by atoms with E-state index in [2.05, 4.69) is 26.0 Å². The first-order valence-electron chi connectivity index (χ1n) is 6.27. The Labute approximate surface area is 123 Å². The van der Waals surface area contributed by atoms with E-state index in [1.807, 2.05) is 6.92 Å². The van der Waals surface area contributed by atoms with Gasteiger partial charge in [-0.25, -0.2) is 0 Å². The molecule has 1 N–H and O–H groups in total. The van der Waals surface area contributed by atoms with Crippen molar-refractivity contribution in [3.05, 3.63) is 22.7 Å². The van der Waals surface area contributed by atoms with Gasteiger partial charge in [0.15, 0.2) is 0 Å². The molecule has 0 aromatic heterocycles. The maximum atomic E-state index is 12.2. The second-order valence-electron chi connectivity index (χ2n) is 4.74. The number of hydrogen-bond acceptors (Lipinski definition) is 3. The van der Waals surface area contributed by atoms with E-state index in [0.29, 0.717) is 6.61 Å². The standard InChI is InChI=1S/C13H15BrF3NO2/c1-8-6-10(4-5-19-8)18-9-2-3-12(11(14)7-9)20-13(15,16)17/h2-3,7-8,10,18H,4-6H2,1H3. The van der Waals surface area contributed by atoms with E-state index in [0.717, 1.165) is 18.5 Å². The minimum absolute atomic E-state index is 0.192. The second-order valence-corrected chi connectivity index (χ2v) is 5.59. The highest BCUT2D eigenvalue weighted by molar-refractivity contribution is 9.10. The van der Waals surface area contributed by atoms with Crippen molar-refractivity contribution in [3.63, 3.8) is 0 Å². The third-order valence-corrected chi connectivity index (χ3v) is 3.63. The van der Waals surface area contributed by atoms with Gasteiger partial charge in [0.05, 0.1) is 10.6 Å². The van der Waals surface area contributed by atoms with Gasteiger partial charge < -0.3 is 14.8 Å². The summed E-state index contributed by atoms with van der Waals surface area (Å²) < 4.78 is 46.1. The van der Waals surface area contributed by atoms with Crippen LogP contribution in [0.3, 0.4) is 0 Å². The zero-order valence-corrected chi connectivity index (χ0v) is 12.4. The van der Waals surface area contributed by atoms with Crippen molar-refractivity contribution < 1.29 is 22.6 Å². The zero-order chi connectivity index (χ0) is 14.8. The fourth-order valence-corrected chi connectivity index (χ4v) is 2.62. The van der Waals surface area contributed by atoms with Crippen molar-refractivity contribution in [2.45, 2.75) is 38.3 Å². The molecule has 1 fully saturated rings. The zero-order valence-electron chi connectivity index (χ0n) is 10.8. The van der Waals surface area contributed by atoms with Crippen LogP contribution in [0, 0.1) is 0 Å². The largest absolute Gasteiger partial charge is 0.573 e. The van der Waals surface area contributed by atoms with Crippen molar-refractivity contribution in [2.75, 3.05) is 11.9 Å². The molecular formula is C13H15BrF3NO2. The molecule has 3 nitrogen and oxygen atoms in total. The highest BCUT2D eigenvalue weighted by atomic mass is 79.9. The normalized spacial score (nSPS) is 23.4. The Bertz CT molecular complexity index is 467. The van der Waals surface area contributed by atoms with Crippen molar-refractivity contribution in [2.24, 2.45) is 0 Å². The van der Waals surface area contributed by atoms with Crippen LogP contribution in [0.25, 0.3) is 0 Å². The number of hydrogen-bond donors (Lipinski definition) is 1. The van der Waals surface area contributed by atoms with Crippen LogP contribution in [0.15, 0.2) is 22.7 Å². The van der Waals surface area contributed by atoms with E-state index in [-0.39, 0.29) is 22.4 Å². The Kier molecular flexibility index (Phi) is 4.80. The molecule has 1 aromatic carbocycles. The molecule has 1 saturated heterocycles. The van der Waals surface area contributed by atoms with Gasteiger partial charge in [-0.2, -0.15) is 0 Å². The number of benzene rings is 1. The smallest absolute Gasteiger partial charge is 0.405 e. The molecule has 0 bridgehead atoms. The van der Waals surface area contributed by atoms with Gasteiger partial charge in [-0.3, -0.25) is 0 Å². The molecule has 1 aliphatic heterocycles. The first kappa shape index (κ1) is 15.4. The first-order valence-corrected chi connectivity index (χ1v) is 7.06. The lowest BCUT2D eigenvalue weighted by molar-refractivity contribution is -0.274. The quantitative estimate of drug-likeness (QED) is 0.877. The van der Waals surface area contributed by atoms with Crippen LogP contribution in [0.4, 0.5) is 18.9 Å². The summed E-state index contributed by atoms with van der Waals surface area (Å²) in [5.41, 5.74) is 0.755. The van der Waals surface area contributed by atoms with E-state index in [1.54, 1.807) is 12.1 Å². The fraction of sp³-hybridized carbons (Fsp3) is 0.538. The Morgan fingerprint density at radius 3 is 2.75 bits per heavy atom. The molecule has 2 rings (SSSR count). The molecule has 0 amide bonds. The molecule has 2 unspecified atom stereocenters. The monoisotopic (exact) mass is 353 g/mol. The van der Waals surface area contributed by atoms with Crippen LogP contribution in [0.5, 0.6) is 5.75 Å². The van der Waals surface area contributed by atoms with Crippen molar-refractivity contribution >= 4 is 21.6 Å². The minimum Gasteiger partial charge on any atom is -0.405 e. The summed E-state index contributed by atoms with van der Waals surface area (Å²) in [7, 11) is 0. The number of rotatable bonds is 3. The maximum absolute atomic E-state index is 12.2. The SMILES string of the molecule is CC1CC(Nc2ccc(OC(F)(F)F)c(Br)c2)CCO1. The van der Waals surface area contributed by atoms with E-state index < -0.39 is 6.36 Å². The van der Waals surface area contributed by atoms with Gasteiger partial charge >= 0.3 is 6.36 Å². The lowest BCUT2D eigenvalue weighted by atomic mass is 10.0. The molecule has 1 aliphatic rings. The number of alkyl halides is 3. The number of ether oxygens (including phenoxy) is 2. The summed E-state index contributed by atoms with van der Waals surface area (Å²) in [6.07, 6.45) is -2.74. The molecule has 0 spiro atoms. The second kappa shape index (κ2) is 6.22. The maximum Gasteiger partial charge on any atom is 0.573 e. The van der Waals surface area contributed by atoms with Gasteiger partial charge in [0, 0.05) is 18.3 Å². The van der Waals surface area contributed by atoms with Gasteiger partial charge in [-0.1, -0.05) is 0 Å². The Morgan fingerprint density at radius 2 is 2.15 bits per heavy atom. The summed E-state index contributed by atoms with van der Waals surface area (Å²) in [5.74, 6) is -0.247. The van der Waals surface area contributed by atoms with E-state index in [4.69, 9.17) is 4.74 Å². The summed E-state index contributed by atoms with van der Waals surface area (Å²) in [6.45, 7) is 2.69. The number of halogens is 4. The predicted octanol–water partition coefficient (Wildman–Crippen LogP) is 4.33. The van der Waals surface area contributed by atoms with Crippen LogP contribution in [0.2, 0.25) is 0 Å². The van der Waals surface area contributed by atoms with Crippen molar-refractivity contribution in [3.8, 4) is 5.75 Å². The van der Waals surface area contributed by atoms with Gasteiger partial charge in [0.25, 0.3) is 0 Å². The van der Waals surface area contributed by atoms with Crippen LogP contribution in [-0.2, 0) is 4.74 Å². The van der Waals surface area contributed by atoms with Crippen LogP contribution in [-0.4, -0.2) is 25.1 Å². The first-order chi connectivity index (χ1) is 9.33. The van der Waals surface area contributed by atoms with E-state index in [1.165, 1.54) is 6.07 Å². The van der Waals surface area contributed by atoms with Gasteiger partial charge in [-0.15, -0.1) is 13.2 Å². The third kappa shape index (κ3) is 4.56. The molecule has 1 aromatic rings. The molecule has 0 radical (unpaired) electrons. The molecule has 112 valence electrons. The average Bonchev–Trinajstić information content (AvgIpc) is 2.31. The van der Waals surface area contributed by atoms with Gasteiger partial charge in [0.2, 0.25) is 0 Å². The lowest BCUT2D eigenvalue weighted by Crippen LogP contribution is -2.32. The minimum atomic E-state index is -4.69. The van der Waals surface area contributed by atoms with Crippen molar-refractivity contribution in [1.82, 2.24) is 0 Å². The molecule has 0 saturated carbocycles. The summed E-state index contributed by atoms with van der Waals surface area (Å²) in [6, 6.07) is 4.72. The molecule has 1 heterocycles. The predicted molar refractivity (Wildman–Crippen MR) is 72.9 cm³/mol. The summed E-state index contributed by atoms with van der Waals surface area (Å²) >= 11 is 3.09. The van der Waals surface area contributed by atoms with E-state index in [9.17, 15) is 13.2 Å². The molecule has 0 aliphatic carbocycles. The summed E-state index contributed by atoms with van der Waals surface area (Å²) in [5, 5.41) is 3.30. The highest BCUT2D eigenvalue weighted by Gasteiger charge is 2.32. The van der Waals surface area contributed by atoms with E-state index >= 15 is 0 Å². The summed E-state index contributed by atoms with van der Waals surface area (Å²) in [4.78, 5) is 0. The Morgan fingerprint density at radius 1 is 1.40 bits per heavy atom. The average molecular weight is 354 g/mol. The number of anilines is 1. The Hall–Kier alpha value is -0.950. The third-order valence-electron chi connectivity index (χ3n) is 3.01. The van der Waals surface area contributed by atoms with Crippen LogP contribution < -0.4 is 10.1 Å². The van der Waals surface area contributed by atoms with Gasteiger partial charge in [-0.05, 0) is 53.9 Å². The molecular weight excluding hydrogens is 339 g/mol. The molecule has 7 heteroatoms. The highest BCUT2D eigenvalue weighted by Crippen LogP contribution is 2.33. The fourth-order valence-electron chi connectivity index (χ4n) is 2.16. The van der Waals surface area contributed by atoms with Crippen molar-refractivity contribution in [1.29, 1.82) is 0 Å². The van der Waals surface area contributed by atoms with Crippen LogP contribution >= 0.6 is 15.9 Å². The lowest BCUT2D eigenvalue weighted by Gasteiger charge is -2.28. The number of nitrogens with one attached hydrogen (secondary N) is 1. The Balaban J connectivity index is 2.01. The molecule has 2 atom stereocenters. The molecule has 20 heavy (non-hydrogen) atoms. The topological polar surface area (TPSA) is 30.5 Å². The van der Waals surface area contributed by atoms with Gasteiger partial charge in [0.1, 0.15) is 5.75 Å².